The summed E-state index contributed by atoms with van der Waals surface area (Å²) in [6.07, 6.45) is 4.49. The first-order valence-electron chi connectivity index (χ1n) is 9.56. The lowest BCUT2D eigenvalue weighted by atomic mass is 9.79. The Balaban J connectivity index is 2.14. The summed E-state index contributed by atoms with van der Waals surface area (Å²) in [6, 6.07) is 17.3. The number of allylic oxidation sites excluding steroid dienone is 2. The molecule has 1 aliphatic heterocycles. The number of ketones is 2. The maximum absolute atomic E-state index is 12.8. The number of para-hydroxylation sites is 1. The van der Waals surface area contributed by atoms with E-state index >= 15 is 0 Å². The Kier molecular flexibility index (Phi) is 6.09. The van der Waals surface area contributed by atoms with Gasteiger partial charge in [0.2, 0.25) is 0 Å². The van der Waals surface area contributed by atoms with Crippen molar-refractivity contribution in [3.8, 4) is 5.75 Å². The number of anilines is 1. The Hall–Kier alpha value is -3.14. The summed E-state index contributed by atoms with van der Waals surface area (Å²) in [5.41, 5.74) is 3.10. The van der Waals surface area contributed by atoms with Crippen molar-refractivity contribution >= 4 is 17.3 Å². The molecule has 0 N–H and O–H groups in total. The zero-order valence-electron chi connectivity index (χ0n) is 16.5. The summed E-state index contributed by atoms with van der Waals surface area (Å²) < 4.78 is 5.25. The van der Waals surface area contributed by atoms with Crippen molar-refractivity contribution in [2.75, 3.05) is 12.0 Å². The number of rotatable bonds is 7. The number of carbonyl (C=O) groups excluding carboxylic acids is 2. The molecule has 4 heteroatoms. The normalized spacial score (nSPS) is 14.3. The van der Waals surface area contributed by atoms with Gasteiger partial charge in [-0.2, -0.15) is 0 Å². The van der Waals surface area contributed by atoms with Gasteiger partial charge >= 0.3 is 0 Å². The Morgan fingerprint density at radius 1 is 0.857 bits per heavy atom. The van der Waals surface area contributed by atoms with Crippen LogP contribution in [0, 0.1) is 0 Å². The highest BCUT2D eigenvalue weighted by Crippen LogP contribution is 2.39. The minimum Gasteiger partial charge on any atom is -0.497 e. The third kappa shape index (κ3) is 3.91. The fourth-order valence-electron chi connectivity index (χ4n) is 3.43. The molecule has 4 nitrogen and oxygen atoms in total. The minimum atomic E-state index is -0.370. The molecule has 144 valence electrons. The first-order chi connectivity index (χ1) is 13.6. The van der Waals surface area contributed by atoms with Gasteiger partial charge in [0.25, 0.3) is 0 Å². The van der Waals surface area contributed by atoms with Crippen LogP contribution in [0.15, 0.2) is 78.1 Å². The van der Waals surface area contributed by atoms with E-state index in [4.69, 9.17) is 4.74 Å². The van der Waals surface area contributed by atoms with Gasteiger partial charge in [-0.05, 0) is 29.8 Å². The molecule has 0 saturated carbocycles. The third-order valence-corrected chi connectivity index (χ3v) is 4.97. The highest BCUT2D eigenvalue weighted by molar-refractivity contribution is 6.05. The van der Waals surface area contributed by atoms with Crippen molar-refractivity contribution in [3.63, 3.8) is 0 Å². The van der Waals surface area contributed by atoms with E-state index in [2.05, 4.69) is 0 Å². The van der Waals surface area contributed by atoms with Gasteiger partial charge in [0.15, 0.2) is 11.6 Å². The molecule has 28 heavy (non-hydrogen) atoms. The lowest BCUT2D eigenvalue weighted by Gasteiger charge is -2.31. The molecule has 0 aliphatic carbocycles. The fourth-order valence-corrected chi connectivity index (χ4v) is 3.43. The summed E-state index contributed by atoms with van der Waals surface area (Å²) in [5.74, 6) is 0.448. The zero-order chi connectivity index (χ0) is 20.1. The van der Waals surface area contributed by atoms with Crippen LogP contribution in [0.25, 0.3) is 0 Å². The molecule has 1 heterocycles. The predicted molar refractivity (Wildman–Crippen MR) is 111 cm³/mol. The first-order valence-corrected chi connectivity index (χ1v) is 9.56. The average molecular weight is 375 g/mol. The maximum Gasteiger partial charge on any atom is 0.161 e. The van der Waals surface area contributed by atoms with Crippen LogP contribution in [-0.2, 0) is 9.59 Å². The molecule has 1 aliphatic rings. The van der Waals surface area contributed by atoms with E-state index in [0.29, 0.717) is 24.0 Å². The topological polar surface area (TPSA) is 46.6 Å². The van der Waals surface area contributed by atoms with E-state index in [1.54, 1.807) is 7.11 Å². The van der Waals surface area contributed by atoms with Crippen LogP contribution in [0.4, 0.5) is 5.69 Å². The largest absolute Gasteiger partial charge is 0.497 e. The molecule has 0 atom stereocenters. The van der Waals surface area contributed by atoms with Gasteiger partial charge in [0.1, 0.15) is 5.75 Å². The number of nitrogens with zero attached hydrogens (tertiary/aromatic N) is 1. The van der Waals surface area contributed by atoms with Crippen molar-refractivity contribution in [2.45, 2.75) is 32.6 Å². The smallest absolute Gasteiger partial charge is 0.161 e. The summed E-state index contributed by atoms with van der Waals surface area (Å²) in [5, 5.41) is 0. The second kappa shape index (κ2) is 8.70. The van der Waals surface area contributed by atoms with Crippen molar-refractivity contribution in [3.05, 3.63) is 83.7 Å². The standard InChI is InChI=1S/C24H25NO3/c1-4-22(26)20-15-25(18-9-7-6-8-10-18)16-21(23(27)5-2)24(20)17-11-13-19(28-3)14-12-17/h6-16,24H,4-5H2,1-3H3. The fraction of sp³-hybridized carbons (Fsp3) is 0.250. The molecular weight excluding hydrogens is 350 g/mol. The maximum atomic E-state index is 12.8. The van der Waals surface area contributed by atoms with Crippen molar-refractivity contribution in [1.82, 2.24) is 0 Å². The van der Waals surface area contributed by atoms with Gasteiger partial charge in [-0.25, -0.2) is 0 Å². The van der Waals surface area contributed by atoms with Crippen LogP contribution in [0.1, 0.15) is 38.2 Å². The molecule has 0 unspecified atom stereocenters. The lowest BCUT2D eigenvalue weighted by Crippen LogP contribution is -2.27. The number of benzene rings is 2. The number of hydrogen-bond donors (Lipinski definition) is 0. The summed E-state index contributed by atoms with van der Waals surface area (Å²) in [7, 11) is 1.62. The molecule has 2 aromatic carbocycles. The number of carbonyl (C=O) groups is 2. The molecule has 0 fully saturated rings. The van der Waals surface area contributed by atoms with E-state index in [0.717, 1.165) is 17.0 Å². The summed E-state index contributed by atoms with van der Waals surface area (Å²) >= 11 is 0. The highest BCUT2D eigenvalue weighted by atomic mass is 16.5. The highest BCUT2D eigenvalue weighted by Gasteiger charge is 2.32. The van der Waals surface area contributed by atoms with E-state index in [-0.39, 0.29) is 17.5 Å². The molecule has 0 bridgehead atoms. The van der Waals surface area contributed by atoms with E-state index in [9.17, 15) is 9.59 Å². The van der Waals surface area contributed by atoms with Gasteiger partial charge in [-0.1, -0.05) is 44.2 Å². The number of hydrogen-bond acceptors (Lipinski definition) is 4. The quantitative estimate of drug-likeness (QED) is 0.681. The molecule has 3 rings (SSSR count). The molecule has 0 aromatic heterocycles. The number of ether oxygens (including phenoxy) is 1. The molecule has 0 spiro atoms. The van der Waals surface area contributed by atoms with E-state index in [1.807, 2.05) is 85.7 Å². The summed E-state index contributed by atoms with van der Waals surface area (Å²) in [6.45, 7) is 3.70. The Morgan fingerprint density at radius 3 is 1.86 bits per heavy atom. The second-order valence-corrected chi connectivity index (χ2v) is 6.67. The Labute approximate surface area is 166 Å². The van der Waals surface area contributed by atoms with Crippen molar-refractivity contribution < 1.29 is 14.3 Å². The molecule has 0 saturated heterocycles. The van der Waals surface area contributed by atoms with Gasteiger partial charge in [-0.15, -0.1) is 0 Å². The van der Waals surface area contributed by atoms with E-state index in [1.165, 1.54) is 0 Å². The van der Waals surface area contributed by atoms with Crippen molar-refractivity contribution in [2.24, 2.45) is 0 Å². The Bertz CT molecular complexity index is 877. The predicted octanol–water partition coefficient (Wildman–Crippen LogP) is 5.03. The minimum absolute atomic E-state index is 0.0382. The molecule has 0 amide bonds. The summed E-state index contributed by atoms with van der Waals surface area (Å²) in [4.78, 5) is 27.6. The van der Waals surface area contributed by atoms with Crippen LogP contribution in [0.5, 0.6) is 5.75 Å². The third-order valence-electron chi connectivity index (χ3n) is 4.97. The monoisotopic (exact) mass is 375 g/mol. The van der Waals surface area contributed by atoms with Crippen molar-refractivity contribution in [1.29, 1.82) is 0 Å². The lowest BCUT2D eigenvalue weighted by molar-refractivity contribution is -0.115. The van der Waals surface area contributed by atoms with Crippen LogP contribution in [0.3, 0.4) is 0 Å². The van der Waals surface area contributed by atoms with Crippen LogP contribution < -0.4 is 9.64 Å². The van der Waals surface area contributed by atoms with Crippen LogP contribution in [-0.4, -0.2) is 18.7 Å². The first kappa shape index (κ1) is 19.6. The molecule has 0 radical (unpaired) electrons. The number of methoxy groups -OCH3 is 1. The zero-order valence-corrected chi connectivity index (χ0v) is 16.5. The van der Waals surface area contributed by atoms with Gasteiger partial charge < -0.3 is 9.64 Å². The second-order valence-electron chi connectivity index (χ2n) is 6.67. The van der Waals surface area contributed by atoms with Gasteiger partial charge in [0, 0.05) is 48.0 Å². The SMILES string of the molecule is CCC(=O)C1=CN(c2ccccc2)C=C(C(=O)CC)C1c1ccc(OC)cc1. The van der Waals surface area contributed by atoms with E-state index < -0.39 is 0 Å². The Morgan fingerprint density at radius 2 is 1.39 bits per heavy atom. The van der Waals surface area contributed by atoms with Crippen LogP contribution >= 0.6 is 0 Å². The van der Waals surface area contributed by atoms with Crippen LogP contribution in [0.2, 0.25) is 0 Å². The van der Waals surface area contributed by atoms with Gasteiger partial charge in [-0.3, -0.25) is 9.59 Å². The molecule has 2 aromatic rings. The number of Topliss-reactive ketones (excluding diaryl/α,β-unsaturated/α-hetero) is 2. The average Bonchev–Trinajstić information content (AvgIpc) is 2.77. The van der Waals surface area contributed by atoms with Gasteiger partial charge in [0.05, 0.1) is 7.11 Å². The molecular formula is C24H25NO3.